The predicted octanol–water partition coefficient (Wildman–Crippen LogP) is 1.43. The molecular weight excluding hydrogens is 318 g/mol. The van der Waals surface area contributed by atoms with E-state index in [9.17, 15) is 13.2 Å². The number of rotatable bonds is 6. The molecule has 124 valence electrons. The number of hydrogen-bond donors (Lipinski definition) is 1. The first-order chi connectivity index (χ1) is 10.8. The van der Waals surface area contributed by atoms with Gasteiger partial charge in [0.25, 0.3) is 0 Å². The molecule has 1 heterocycles. The monoisotopic (exact) mass is 337 g/mol. The number of sulfonamides is 1. The number of aryl methyl sites for hydroxylation is 2. The molecule has 0 bridgehead atoms. The van der Waals surface area contributed by atoms with Gasteiger partial charge in [0.15, 0.2) is 5.82 Å². The number of carbonyl (C=O) groups is 1. The van der Waals surface area contributed by atoms with Crippen LogP contribution in [0.15, 0.2) is 36.4 Å². The average Bonchev–Trinajstić information content (AvgIpc) is 2.82. The minimum absolute atomic E-state index is 0.224. The Bertz CT molecular complexity index is 765. The molecular formula is C15H19N3O4S. The van der Waals surface area contributed by atoms with Gasteiger partial charge in [-0.25, -0.2) is 8.42 Å². The number of aromatic nitrogens is 2. The van der Waals surface area contributed by atoms with Gasteiger partial charge in [0.05, 0.1) is 18.8 Å². The lowest BCUT2D eigenvalue weighted by atomic mass is 10.0. The van der Waals surface area contributed by atoms with Crippen molar-refractivity contribution in [3.63, 3.8) is 0 Å². The number of nitrogens with one attached hydrogen (secondary N) is 1. The van der Waals surface area contributed by atoms with Crippen molar-refractivity contribution in [1.82, 2.24) is 9.78 Å². The van der Waals surface area contributed by atoms with Gasteiger partial charge >= 0.3 is 5.97 Å². The predicted molar refractivity (Wildman–Crippen MR) is 86.6 cm³/mol. The summed E-state index contributed by atoms with van der Waals surface area (Å²) >= 11 is 0. The maximum absolute atomic E-state index is 12.4. The number of esters is 1. The van der Waals surface area contributed by atoms with E-state index in [-0.39, 0.29) is 5.82 Å². The Morgan fingerprint density at radius 2 is 2.00 bits per heavy atom. The summed E-state index contributed by atoms with van der Waals surface area (Å²) in [7, 11) is -0.814. The average molecular weight is 337 g/mol. The molecule has 2 aromatic rings. The summed E-state index contributed by atoms with van der Waals surface area (Å²) < 4.78 is 33.4. The van der Waals surface area contributed by atoms with Crippen LogP contribution in [0.25, 0.3) is 0 Å². The highest BCUT2D eigenvalue weighted by atomic mass is 32.2. The van der Waals surface area contributed by atoms with Crippen LogP contribution in [0, 0.1) is 6.92 Å². The number of benzene rings is 1. The van der Waals surface area contributed by atoms with Crippen molar-refractivity contribution >= 4 is 21.8 Å². The molecule has 0 saturated heterocycles. The summed E-state index contributed by atoms with van der Waals surface area (Å²) in [6, 6.07) is 10.3. The van der Waals surface area contributed by atoms with E-state index in [4.69, 9.17) is 4.74 Å². The van der Waals surface area contributed by atoms with E-state index >= 15 is 0 Å². The molecule has 0 radical (unpaired) electrons. The topological polar surface area (TPSA) is 90.3 Å². The summed E-state index contributed by atoms with van der Waals surface area (Å²) in [5.41, 5.74) is 1.40. The van der Waals surface area contributed by atoms with Crippen LogP contribution in [-0.2, 0) is 26.6 Å². The van der Waals surface area contributed by atoms with E-state index in [1.807, 2.05) is 6.92 Å². The number of carbonyl (C=O) groups excluding carboxylic acids is 1. The first-order valence-electron chi connectivity index (χ1n) is 6.96. The lowest BCUT2D eigenvalue weighted by Crippen LogP contribution is -2.27. The highest BCUT2D eigenvalue weighted by Crippen LogP contribution is 2.20. The van der Waals surface area contributed by atoms with Gasteiger partial charge in [-0.1, -0.05) is 30.3 Å². The Labute approximate surface area is 135 Å². The maximum atomic E-state index is 12.4. The molecule has 1 N–H and O–H groups in total. The van der Waals surface area contributed by atoms with Gasteiger partial charge in [0, 0.05) is 18.8 Å². The van der Waals surface area contributed by atoms with Crippen molar-refractivity contribution in [2.75, 3.05) is 17.6 Å². The third-order valence-corrected chi connectivity index (χ3v) is 4.74. The molecule has 0 aliphatic heterocycles. The van der Waals surface area contributed by atoms with Gasteiger partial charge in [-0.15, -0.1) is 0 Å². The van der Waals surface area contributed by atoms with Crippen molar-refractivity contribution in [3.05, 3.63) is 47.7 Å². The standard InChI is InChI=1S/C15H19N3O4S/c1-11-9-14(16-18(11)2)17-23(20,21)10-13(15(19)22-3)12-7-5-4-6-8-12/h4-9,13H,10H2,1-3H3,(H,16,17)/t13-/m0/s1. The number of anilines is 1. The molecule has 0 spiro atoms. The zero-order valence-corrected chi connectivity index (χ0v) is 14.0. The molecule has 7 nitrogen and oxygen atoms in total. The van der Waals surface area contributed by atoms with Gasteiger partial charge in [-0.3, -0.25) is 14.2 Å². The van der Waals surface area contributed by atoms with Crippen molar-refractivity contribution in [2.24, 2.45) is 7.05 Å². The van der Waals surface area contributed by atoms with Crippen LogP contribution in [0.1, 0.15) is 17.2 Å². The Kier molecular flexibility index (Phi) is 5.05. The summed E-state index contributed by atoms with van der Waals surface area (Å²) in [5.74, 6) is -1.69. The molecule has 1 aromatic carbocycles. The van der Waals surface area contributed by atoms with Gasteiger partial charge in [0.1, 0.15) is 0 Å². The van der Waals surface area contributed by atoms with Crippen molar-refractivity contribution < 1.29 is 17.9 Å². The van der Waals surface area contributed by atoms with Crippen LogP contribution in [0.4, 0.5) is 5.82 Å². The number of hydrogen-bond acceptors (Lipinski definition) is 5. The van der Waals surface area contributed by atoms with Crippen LogP contribution in [0.5, 0.6) is 0 Å². The molecule has 1 atom stereocenters. The molecule has 0 fully saturated rings. The van der Waals surface area contributed by atoms with Crippen LogP contribution >= 0.6 is 0 Å². The van der Waals surface area contributed by atoms with Crippen LogP contribution < -0.4 is 4.72 Å². The lowest BCUT2D eigenvalue weighted by molar-refractivity contribution is -0.141. The molecule has 0 aliphatic rings. The minimum Gasteiger partial charge on any atom is -0.469 e. The third kappa shape index (κ3) is 4.32. The molecule has 0 aliphatic carbocycles. The second kappa shape index (κ2) is 6.82. The molecule has 2 rings (SSSR count). The zero-order valence-electron chi connectivity index (χ0n) is 13.2. The first kappa shape index (κ1) is 17.0. The highest BCUT2D eigenvalue weighted by molar-refractivity contribution is 7.92. The lowest BCUT2D eigenvalue weighted by Gasteiger charge is -2.15. The number of ether oxygens (including phenoxy) is 1. The smallest absolute Gasteiger partial charge is 0.314 e. The summed E-state index contributed by atoms with van der Waals surface area (Å²) in [6.45, 7) is 1.81. The first-order valence-corrected chi connectivity index (χ1v) is 8.61. The quantitative estimate of drug-likeness (QED) is 0.805. The maximum Gasteiger partial charge on any atom is 0.314 e. The van der Waals surface area contributed by atoms with Crippen LogP contribution in [-0.4, -0.2) is 37.0 Å². The summed E-state index contributed by atoms with van der Waals surface area (Å²) in [5, 5.41) is 4.05. The molecule has 0 amide bonds. The van der Waals surface area contributed by atoms with Crippen LogP contribution in [0.3, 0.4) is 0 Å². The van der Waals surface area contributed by atoms with Crippen molar-refractivity contribution in [3.8, 4) is 0 Å². The Morgan fingerprint density at radius 3 is 2.52 bits per heavy atom. The molecule has 0 unspecified atom stereocenters. The van der Waals surface area contributed by atoms with E-state index in [2.05, 4.69) is 9.82 Å². The van der Waals surface area contributed by atoms with Crippen molar-refractivity contribution in [2.45, 2.75) is 12.8 Å². The number of nitrogens with zero attached hydrogens (tertiary/aromatic N) is 2. The second-order valence-corrected chi connectivity index (χ2v) is 6.93. The Balaban J connectivity index is 2.22. The van der Waals surface area contributed by atoms with Gasteiger partial charge in [-0.05, 0) is 12.5 Å². The fourth-order valence-electron chi connectivity index (χ4n) is 2.16. The highest BCUT2D eigenvalue weighted by Gasteiger charge is 2.28. The Morgan fingerprint density at radius 1 is 1.35 bits per heavy atom. The minimum atomic E-state index is -3.77. The van der Waals surface area contributed by atoms with E-state index in [0.717, 1.165) is 5.69 Å². The molecule has 0 saturated carbocycles. The van der Waals surface area contributed by atoms with E-state index < -0.39 is 27.7 Å². The summed E-state index contributed by atoms with van der Waals surface area (Å²) in [4.78, 5) is 12.0. The normalized spacial score (nSPS) is 12.7. The molecule has 1 aromatic heterocycles. The summed E-state index contributed by atoms with van der Waals surface area (Å²) in [6.07, 6.45) is 0. The fraction of sp³-hybridized carbons (Fsp3) is 0.333. The van der Waals surface area contributed by atoms with Crippen molar-refractivity contribution in [1.29, 1.82) is 0 Å². The largest absolute Gasteiger partial charge is 0.469 e. The van der Waals surface area contributed by atoms with E-state index in [0.29, 0.717) is 5.56 Å². The Hall–Kier alpha value is -2.35. The van der Waals surface area contributed by atoms with Gasteiger partial charge < -0.3 is 4.74 Å². The van der Waals surface area contributed by atoms with Crippen LogP contribution in [0.2, 0.25) is 0 Å². The SMILES string of the molecule is COC(=O)[C@@H](CS(=O)(=O)Nc1cc(C)n(C)n1)c1ccccc1. The zero-order chi connectivity index (χ0) is 17.0. The molecule has 8 heteroatoms. The number of methoxy groups -OCH3 is 1. The third-order valence-electron chi connectivity index (χ3n) is 3.45. The fourth-order valence-corrected chi connectivity index (χ4v) is 3.43. The van der Waals surface area contributed by atoms with Gasteiger partial charge in [0.2, 0.25) is 10.0 Å². The van der Waals surface area contributed by atoms with E-state index in [1.165, 1.54) is 7.11 Å². The second-order valence-electron chi connectivity index (χ2n) is 5.16. The molecule has 23 heavy (non-hydrogen) atoms. The van der Waals surface area contributed by atoms with E-state index in [1.54, 1.807) is 48.1 Å². The van der Waals surface area contributed by atoms with Gasteiger partial charge in [-0.2, -0.15) is 5.10 Å².